The first-order valence-electron chi connectivity index (χ1n) is 8.75. The van der Waals surface area contributed by atoms with E-state index in [1.165, 1.54) is 6.08 Å². The lowest BCUT2D eigenvalue weighted by Crippen LogP contribution is -2.54. The van der Waals surface area contributed by atoms with Crippen LogP contribution in [0.2, 0.25) is 0 Å². The first-order chi connectivity index (χ1) is 11.6. The zero-order valence-corrected chi connectivity index (χ0v) is 15.1. The zero-order chi connectivity index (χ0) is 18.5. The lowest BCUT2D eigenvalue weighted by Gasteiger charge is -2.53. The second-order valence-corrected chi connectivity index (χ2v) is 8.05. The molecule has 0 bridgehead atoms. The molecule has 0 radical (unpaired) electrons. The number of ether oxygens (including phenoxy) is 2. The molecule has 0 unspecified atom stereocenters. The van der Waals surface area contributed by atoms with E-state index in [1.807, 2.05) is 20.8 Å². The molecule has 2 aliphatic carbocycles. The van der Waals surface area contributed by atoms with E-state index in [1.54, 1.807) is 0 Å². The number of carbonyl (C=O) groups is 2. The first kappa shape index (κ1) is 17.9. The molecule has 1 heterocycles. The van der Waals surface area contributed by atoms with Crippen LogP contribution in [0.3, 0.4) is 0 Å². The lowest BCUT2D eigenvalue weighted by molar-refractivity contribution is -0.157. The van der Waals surface area contributed by atoms with Crippen molar-refractivity contribution in [3.05, 3.63) is 36.0 Å². The molecule has 0 spiro atoms. The molecule has 3 rings (SSSR count). The highest BCUT2D eigenvalue weighted by Crippen LogP contribution is 2.57. The molecule has 1 saturated heterocycles. The first-order valence-corrected chi connectivity index (χ1v) is 8.75. The number of esters is 2. The third kappa shape index (κ3) is 2.95. The Bertz CT molecular complexity index is 672. The topological polar surface area (TPSA) is 72.8 Å². The van der Waals surface area contributed by atoms with Crippen molar-refractivity contribution in [3.63, 3.8) is 0 Å². The van der Waals surface area contributed by atoms with E-state index in [4.69, 9.17) is 9.47 Å². The summed E-state index contributed by atoms with van der Waals surface area (Å²) in [4.78, 5) is 23.8. The summed E-state index contributed by atoms with van der Waals surface area (Å²) in [5.74, 6) is -0.863. The Labute approximate surface area is 148 Å². The highest BCUT2D eigenvalue weighted by Gasteiger charge is 2.58. The maximum atomic E-state index is 12.0. The van der Waals surface area contributed by atoms with Crippen molar-refractivity contribution >= 4 is 11.9 Å². The molecule has 3 aliphatic rings. The van der Waals surface area contributed by atoms with E-state index in [0.717, 1.165) is 11.1 Å². The summed E-state index contributed by atoms with van der Waals surface area (Å²) in [5, 5.41) is 10.8. The van der Waals surface area contributed by atoms with E-state index in [9.17, 15) is 14.7 Å². The maximum absolute atomic E-state index is 12.0. The largest absolute Gasteiger partial charge is 0.458 e. The molecule has 3 fully saturated rings. The van der Waals surface area contributed by atoms with Crippen LogP contribution in [0.4, 0.5) is 0 Å². The quantitative estimate of drug-likeness (QED) is 0.473. The third-order valence-corrected chi connectivity index (χ3v) is 6.07. The van der Waals surface area contributed by atoms with Gasteiger partial charge in [-0.15, -0.1) is 0 Å². The van der Waals surface area contributed by atoms with Crippen molar-refractivity contribution in [2.75, 3.05) is 0 Å². The van der Waals surface area contributed by atoms with Gasteiger partial charge < -0.3 is 14.6 Å². The number of carbonyl (C=O) groups excluding carboxylic acids is 2. The number of fused-ring (bicyclic) bond motifs is 2. The van der Waals surface area contributed by atoms with Crippen LogP contribution in [0.1, 0.15) is 40.0 Å². The molecule has 5 nitrogen and oxygen atoms in total. The van der Waals surface area contributed by atoms with Gasteiger partial charge in [-0.1, -0.05) is 25.7 Å². The van der Waals surface area contributed by atoms with Crippen LogP contribution in [0.15, 0.2) is 36.0 Å². The van der Waals surface area contributed by atoms with E-state index in [-0.39, 0.29) is 23.9 Å². The fourth-order valence-corrected chi connectivity index (χ4v) is 4.57. The van der Waals surface area contributed by atoms with Gasteiger partial charge in [-0.05, 0) is 38.2 Å². The van der Waals surface area contributed by atoms with Crippen molar-refractivity contribution in [2.45, 2.75) is 58.3 Å². The normalized spacial score (nSPS) is 40.0. The summed E-state index contributed by atoms with van der Waals surface area (Å²) < 4.78 is 11.0. The van der Waals surface area contributed by atoms with Crippen molar-refractivity contribution in [1.29, 1.82) is 0 Å². The second kappa shape index (κ2) is 6.13. The van der Waals surface area contributed by atoms with Crippen LogP contribution in [0.5, 0.6) is 0 Å². The monoisotopic (exact) mass is 346 g/mol. The average Bonchev–Trinajstić information content (AvgIpc) is 2.77. The van der Waals surface area contributed by atoms with Crippen molar-refractivity contribution in [1.82, 2.24) is 0 Å². The van der Waals surface area contributed by atoms with Gasteiger partial charge in [-0.25, -0.2) is 9.59 Å². The minimum atomic E-state index is -0.652. The smallest absolute Gasteiger partial charge is 0.334 e. The number of aliphatic hydroxyl groups excluding tert-OH is 1. The van der Waals surface area contributed by atoms with E-state index in [0.29, 0.717) is 24.8 Å². The van der Waals surface area contributed by atoms with Gasteiger partial charge in [0.15, 0.2) is 0 Å². The predicted octanol–water partition coefficient (Wildman–Crippen LogP) is 2.70. The van der Waals surface area contributed by atoms with Crippen molar-refractivity contribution in [3.8, 4) is 0 Å². The molecular formula is C20H26O5. The fourth-order valence-electron chi connectivity index (χ4n) is 4.57. The molecular weight excluding hydrogens is 320 g/mol. The van der Waals surface area contributed by atoms with Gasteiger partial charge in [-0.2, -0.15) is 0 Å². The lowest BCUT2D eigenvalue weighted by atomic mass is 9.54. The fraction of sp³-hybridized carbons (Fsp3) is 0.600. The Hall–Kier alpha value is -1.88. The summed E-state index contributed by atoms with van der Waals surface area (Å²) in [6, 6.07) is 0. The summed E-state index contributed by atoms with van der Waals surface area (Å²) in [6.07, 6.45) is 1.57. The molecule has 6 atom stereocenters. The Morgan fingerprint density at radius 2 is 2.04 bits per heavy atom. The van der Waals surface area contributed by atoms with Crippen LogP contribution < -0.4 is 0 Å². The minimum absolute atomic E-state index is 0.0479. The molecule has 5 heteroatoms. The molecule has 0 aromatic heterocycles. The molecule has 25 heavy (non-hydrogen) atoms. The molecule has 0 aromatic carbocycles. The van der Waals surface area contributed by atoms with Gasteiger partial charge in [0.2, 0.25) is 0 Å². The van der Waals surface area contributed by atoms with Crippen LogP contribution in [0.25, 0.3) is 0 Å². The summed E-state index contributed by atoms with van der Waals surface area (Å²) in [7, 11) is 0. The highest BCUT2D eigenvalue weighted by atomic mass is 16.6. The second-order valence-electron chi connectivity index (χ2n) is 8.05. The Morgan fingerprint density at radius 1 is 1.36 bits per heavy atom. The Balaban J connectivity index is 1.83. The summed E-state index contributed by atoms with van der Waals surface area (Å²) in [5.41, 5.74) is 1.73. The molecule has 0 amide bonds. The number of aliphatic hydroxyl groups is 1. The van der Waals surface area contributed by atoms with Crippen molar-refractivity contribution in [2.24, 2.45) is 17.3 Å². The maximum Gasteiger partial charge on any atom is 0.334 e. The number of rotatable bonds is 2. The molecule has 136 valence electrons. The number of hydrogen-bond acceptors (Lipinski definition) is 5. The number of allylic oxidation sites excluding steroid dienone is 1. The Kier molecular flexibility index (Phi) is 4.40. The van der Waals surface area contributed by atoms with Crippen LogP contribution in [0, 0.1) is 17.3 Å². The van der Waals surface area contributed by atoms with Gasteiger partial charge in [0, 0.05) is 29.4 Å². The van der Waals surface area contributed by atoms with Crippen LogP contribution in [-0.2, 0) is 19.1 Å². The van der Waals surface area contributed by atoms with E-state index in [2.05, 4.69) is 13.2 Å². The molecule has 1 N–H and O–H groups in total. The van der Waals surface area contributed by atoms with Gasteiger partial charge in [-0.3, -0.25) is 0 Å². The number of hydrogen-bond donors (Lipinski definition) is 1. The predicted molar refractivity (Wildman–Crippen MR) is 92.4 cm³/mol. The highest BCUT2D eigenvalue weighted by molar-refractivity contribution is 5.90. The van der Waals surface area contributed by atoms with E-state index < -0.39 is 23.6 Å². The molecule has 1 aliphatic heterocycles. The Morgan fingerprint density at radius 3 is 2.68 bits per heavy atom. The standard InChI is InChI=1S/C20H26O5/c1-10(2)6-18(22)24-15-8-17(21)20(5)9-16-13(7-14(20)12(15)4)11(3)19(23)25-16/h6,13-17,21H,3-4,7-9H2,1-2,5H3/t13-,14+,15-,16-,17+,20-/m1/s1. The molecule has 2 saturated carbocycles. The molecule has 0 aromatic rings. The van der Waals surface area contributed by atoms with Crippen LogP contribution >= 0.6 is 0 Å². The summed E-state index contributed by atoms with van der Waals surface area (Å²) in [6.45, 7) is 13.7. The van der Waals surface area contributed by atoms with E-state index >= 15 is 0 Å². The third-order valence-electron chi connectivity index (χ3n) is 6.07. The summed E-state index contributed by atoms with van der Waals surface area (Å²) >= 11 is 0. The SMILES string of the molecule is C=C1C(=O)O[C@@H]2C[C@@]3(C)[C@@H](O)C[C@@H](OC(=O)C=C(C)C)C(=C)[C@@H]3C[C@H]12. The van der Waals surface area contributed by atoms with Crippen molar-refractivity contribution < 1.29 is 24.2 Å². The van der Waals surface area contributed by atoms with Gasteiger partial charge in [0.25, 0.3) is 0 Å². The average molecular weight is 346 g/mol. The minimum Gasteiger partial charge on any atom is -0.458 e. The zero-order valence-electron chi connectivity index (χ0n) is 15.1. The van der Waals surface area contributed by atoms with Gasteiger partial charge >= 0.3 is 11.9 Å². The van der Waals surface area contributed by atoms with Gasteiger partial charge in [0.1, 0.15) is 12.2 Å². The van der Waals surface area contributed by atoms with Crippen LogP contribution in [-0.4, -0.2) is 35.4 Å². The van der Waals surface area contributed by atoms with Gasteiger partial charge in [0.05, 0.1) is 6.10 Å².